The molecule has 2 heterocycles. The van der Waals surface area contributed by atoms with Crippen LogP contribution in [0.1, 0.15) is 11.1 Å². The van der Waals surface area contributed by atoms with Crippen molar-refractivity contribution in [2.75, 3.05) is 6.26 Å². The van der Waals surface area contributed by atoms with Gasteiger partial charge in [-0.05, 0) is 47.9 Å². The molecule has 10 heteroatoms. The second-order valence-corrected chi connectivity index (χ2v) is 10.3. The smallest absolute Gasteiger partial charge is 0.325 e. The Bertz CT molecular complexity index is 1190. The van der Waals surface area contributed by atoms with E-state index in [1.165, 1.54) is 0 Å². The van der Waals surface area contributed by atoms with Gasteiger partial charge in [-0.25, -0.2) is 22.8 Å². The summed E-state index contributed by atoms with van der Waals surface area (Å²) in [7, 11) is -1.19. The Morgan fingerprint density at radius 3 is 2.40 bits per heavy atom. The number of benzene rings is 1. The summed E-state index contributed by atoms with van der Waals surface area (Å²) < 4.78 is 25.0. The lowest BCUT2D eigenvalue weighted by atomic mass is 10.1. The molecule has 0 bridgehead atoms. The van der Waals surface area contributed by atoms with E-state index in [1.807, 2.05) is 26.0 Å². The highest BCUT2D eigenvalue weighted by Crippen LogP contribution is 2.22. The molecule has 0 spiro atoms. The van der Waals surface area contributed by atoms with Crippen LogP contribution < -0.4 is 11.2 Å². The molecule has 0 atom stereocenters. The Hall–Kier alpha value is -2.20. The molecule has 0 saturated heterocycles. The van der Waals surface area contributed by atoms with E-state index in [2.05, 4.69) is 9.97 Å². The number of hydrogen-bond acceptors (Lipinski definition) is 7. The van der Waals surface area contributed by atoms with E-state index in [0.717, 1.165) is 27.5 Å². The Labute approximate surface area is 147 Å². The van der Waals surface area contributed by atoms with Gasteiger partial charge in [0.2, 0.25) is 0 Å². The van der Waals surface area contributed by atoms with Crippen LogP contribution in [0.5, 0.6) is 0 Å². The lowest BCUT2D eigenvalue weighted by molar-refractivity contribution is 0.615. The molecule has 0 aliphatic carbocycles. The first-order chi connectivity index (χ1) is 11.6. The topological polar surface area (TPSA) is 104 Å². The van der Waals surface area contributed by atoms with E-state index in [-0.39, 0.29) is 17.4 Å². The molecule has 0 fully saturated rings. The van der Waals surface area contributed by atoms with E-state index in [4.69, 9.17) is 0 Å². The molecule has 0 N–H and O–H groups in total. The van der Waals surface area contributed by atoms with Gasteiger partial charge in [0.05, 0.1) is 16.9 Å². The van der Waals surface area contributed by atoms with Crippen molar-refractivity contribution < 1.29 is 8.42 Å². The second kappa shape index (κ2) is 5.95. The third-order valence-electron chi connectivity index (χ3n) is 3.99. The van der Waals surface area contributed by atoms with Crippen molar-refractivity contribution in [1.29, 1.82) is 0 Å². The molecule has 0 radical (unpaired) electrons. The van der Waals surface area contributed by atoms with E-state index >= 15 is 0 Å². The molecule has 0 unspecified atom stereocenters. The van der Waals surface area contributed by atoms with Crippen molar-refractivity contribution in [2.45, 2.75) is 19.7 Å². The third-order valence-corrected chi connectivity index (χ3v) is 6.38. The van der Waals surface area contributed by atoms with Gasteiger partial charge in [0.25, 0.3) is 5.56 Å². The quantitative estimate of drug-likeness (QED) is 0.490. The van der Waals surface area contributed by atoms with Gasteiger partial charge in [-0.15, -0.1) is 0 Å². The highest BCUT2D eigenvalue weighted by molar-refractivity contribution is 8.71. The predicted octanol–water partition coefficient (Wildman–Crippen LogP) is 0.862. The predicted molar refractivity (Wildman–Crippen MR) is 97.6 cm³/mol. The average Bonchev–Trinajstić information content (AvgIpc) is 2.50. The fourth-order valence-electron chi connectivity index (χ4n) is 2.49. The van der Waals surface area contributed by atoms with Crippen LogP contribution in [0.2, 0.25) is 0 Å². The minimum atomic E-state index is -3.40. The highest BCUT2D eigenvalue weighted by Gasteiger charge is 2.21. The number of rotatable bonds is 3. The number of aryl methyl sites for hydroxylation is 3. The Morgan fingerprint density at radius 1 is 1.12 bits per heavy atom. The molecule has 132 valence electrons. The third kappa shape index (κ3) is 3.19. The molecule has 1 aromatic carbocycles. The Morgan fingerprint density at radius 2 is 1.76 bits per heavy atom. The minimum Gasteiger partial charge on any atom is -0.325 e. The van der Waals surface area contributed by atoms with Gasteiger partial charge in [0.15, 0.2) is 20.4 Å². The lowest BCUT2D eigenvalue weighted by Crippen LogP contribution is -2.38. The zero-order valence-electron chi connectivity index (χ0n) is 14.1. The number of aromatic nitrogens is 4. The summed E-state index contributed by atoms with van der Waals surface area (Å²) in [6, 6.07) is 3.79. The molecule has 0 aromatic heterocycles. The van der Waals surface area contributed by atoms with Crippen LogP contribution in [-0.4, -0.2) is 33.8 Å². The van der Waals surface area contributed by atoms with Gasteiger partial charge < -0.3 is 4.57 Å². The number of fused-ring (bicyclic) bond motifs is 2. The number of nitrogens with zero attached hydrogens (tertiary/aromatic N) is 4. The van der Waals surface area contributed by atoms with Crippen molar-refractivity contribution in [1.82, 2.24) is 19.1 Å². The first kappa shape index (κ1) is 17.6. The number of hydrogen-bond donors (Lipinski definition) is 0. The molecule has 2 aliphatic rings. The standard InChI is InChI=1S/C15H16N4O4S2/c1-8-5-10-11(6-9(8)2)18(3)13-12(16-10)14(20)19(15(21)17-13)7-24-25(4,22)23/h5-6H,7H2,1-4H3. The van der Waals surface area contributed by atoms with Crippen molar-refractivity contribution in [3.63, 3.8) is 0 Å². The molecule has 8 nitrogen and oxygen atoms in total. The van der Waals surface area contributed by atoms with Crippen molar-refractivity contribution in [3.8, 4) is 11.5 Å². The monoisotopic (exact) mass is 380 g/mol. The zero-order valence-corrected chi connectivity index (χ0v) is 15.7. The van der Waals surface area contributed by atoms with Crippen molar-refractivity contribution >= 4 is 30.7 Å². The van der Waals surface area contributed by atoms with Gasteiger partial charge in [0.1, 0.15) is 0 Å². The first-order valence-electron chi connectivity index (χ1n) is 7.31. The SMILES string of the molecule is Cc1cc2nc3c(=O)n(CSS(C)(=O)=O)c(=O)nc-3n(C)c2cc1C. The van der Waals surface area contributed by atoms with E-state index < -0.39 is 20.1 Å². The van der Waals surface area contributed by atoms with Crippen LogP contribution in [-0.2, 0) is 21.8 Å². The van der Waals surface area contributed by atoms with Gasteiger partial charge in [0, 0.05) is 13.3 Å². The molecule has 3 rings (SSSR count). The van der Waals surface area contributed by atoms with Crippen LogP contribution in [0.3, 0.4) is 0 Å². The summed E-state index contributed by atoms with van der Waals surface area (Å²) in [5.41, 5.74) is 2.04. The molecular formula is C15H16N4O4S2. The maximum atomic E-state index is 12.7. The minimum absolute atomic E-state index is 0.0342. The average molecular weight is 380 g/mol. The van der Waals surface area contributed by atoms with Crippen LogP contribution >= 0.6 is 10.8 Å². The van der Waals surface area contributed by atoms with Gasteiger partial charge in [-0.2, -0.15) is 4.98 Å². The molecule has 1 aromatic rings. The van der Waals surface area contributed by atoms with Crippen molar-refractivity contribution in [3.05, 3.63) is 44.1 Å². The lowest BCUT2D eigenvalue weighted by Gasteiger charge is -2.15. The molecule has 2 aliphatic heterocycles. The van der Waals surface area contributed by atoms with Crippen molar-refractivity contribution in [2.24, 2.45) is 7.05 Å². The van der Waals surface area contributed by atoms with Gasteiger partial charge >= 0.3 is 5.69 Å². The fourth-order valence-corrected chi connectivity index (χ4v) is 3.90. The summed E-state index contributed by atoms with van der Waals surface area (Å²) in [6.07, 6.45) is 1.01. The van der Waals surface area contributed by atoms with Crippen LogP contribution in [0.25, 0.3) is 22.6 Å². The highest BCUT2D eigenvalue weighted by atomic mass is 33.1. The largest absolute Gasteiger partial charge is 0.353 e. The van der Waals surface area contributed by atoms with E-state index in [0.29, 0.717) is 16.3 Å². The van der Waals surface area contributed by atoms with Crippen LogP contribution in [0.15, 0.2) is 21.7 Å². The van der Waals surface area contributed by atoms with Crippen LogP contribution in [0, 0.1) is 13.8 Å². The summed E-state index contributed by atoms with van der Waals surface area (Å²) in [5.74, 6) is -0.151. The maximum absolute atomic E-state index is 12.7. The summed E-state index contributed by atoms with van der Waals surface area (Å²) in [4.78, 5) is 33.1. The first-order valence-corrected chi connectivity index (χ1v) is 10.7. The fraction of sp³-hybridized carbons (Fsp3) is 0.333. The summed E-state index contributed by atoms with van der Waals surface area (Å²) >= 11 is 0. The molecular weight excluding hydrogens is 364 g/mol. The molecule has 25 heavy (non-hydrogen) atoms. The molecule has 0 saturated carbocycles. The van der Waals surface area contributed by atoms with Gasteiger partial charge in [-0.3, -0.25) is 4.79 Å². The van der Waals surface area contributed by atoms with E-state index in [9.17, 15) is 18.0 Å². The Kier molecular flexibility index (Phi) is 4.20. The zero-order chi connectivity index (χ0) is 18.5. The Balaban J connectivity index is 2.33. The normalized spacial score (nSPS) is 12.2. The van der Waals surface area contributed by atoms with Gasteiger partial charge in [-0.1, -0.05) is 0 Å². The maximum Gasteiger partial charge on any atom is 0.353 e. The molecule has 0 amide bonds. The summed E-state index contributed by atoms with van der Waals surface area (Å²) in [6.45, 7) is 3.91. The van der Waals surface area contributed by atoms with E-state index in [1.54, 1.807) is 11.6 Å². The second-order valence-electron chi connectivity index (χ2n) is 5.85. The van der Waals surface area contributed by atoms with Crippen LogP contribution in [0.4, 0.5) is 0 Å². The summed E-state index contributed by atoms with van der Waals surface area (Å²) in [5, 5.41) is 0.